The first-order chi connectivity index (χ1) is 13.1. The largest absolute Gasteiger partial charge is 0.507 e. The lowest BCUT2D eigenvalue weighted by molar-refractivity contribution is -0.110. The number of rotatable bonds is 3. The second kappa shape index (κ2) is 6.88. The van der Waals surface area contributed by atoms with Crippen molar-refractivity contribution < 1.29 is 9.90 Å². The van der Waals surface area contributed by atoms with E-state index in [0.29, 0.717) is 17.0 Å². The number of benzene rings is 3. The number of anilines is 1. The van der Waals surface area contributed by atoms with Gasteiger partial charge in [0.2, 0.25) is 0 Å². The highest BCUT2D eigenvalue weighted by Crippen LogP contribution is 2.27. The van der Waals surface area contributed by atoms with E-state index in [9.17, 15) is 9.90 Å². The zero-order valence-electron chi connectivity index (χ0n) is 14.7. The Morgan fingerprint density at radius 1 is 0.889 bits per heavy atom. The molecule has 0 spiro atoms. The van der Waals surface area contributed by atoms with Crippen LogP contribution in [0.25, 0.3) is 0 Å². The van der Waals surface area contributed by atoms with Crippen molar-refractivity contribution in [3.8, 4) is 5.75 Å². The zero-order chi connectivity index (χ0) is 18.8. The van der Waals surface area contributed by atoms with Crippen molar-refractivity contribution in [1.29, 1.82) is 0 Å². The van der Waals surface area contributed by atoms with Crippen LogP contribution in [0.15, 0.2) is 82.8 Å². The van der Waals surface area contributed by atoms with Gasteiger partial charge in [0.05, 0.1) is 17.1 Å². The first-order valence-electron chi connectivity index (χ1n) is 8.55. The quantitative estimate of drug-likeness (QED) is 0.674. The molecule has 0 aliphatic carbocycles. The summed E-state index contributed by atoms with van der Waals surface area (Å²) in [7, 11) is 0. The number of para-hydroxylation sites is 2. The normalized spacial score (nSPS) is 14.9. The number of nitrogens with one attached hydrogen (secondary N) is 1. The average molecular weight is 355 g/mol. The highest BCUT2D eigenvalue weighted by Gasteiger charge is 2.25. The summed E-state index contributed by atoms with van der Waals surface area (Å²) >= 11 is 0. The Hall–Kier alpha value is -3.73. The van der Waals surface area contributed by atoms with Crippen LogP contribution in [0.1, 0.15) is 18.1 Å². The maximum atomic E-state index is 12.1. The van der Waals surface area contributed by atoms with Crippen LogP contribution in [0.4, 0.5) is 17.1 Å². The molecule has 3 aromatic carbocycles. The van der Waals surface area contributed by atoms with Crippen molar-refractivity contribution in [2.75, 3.05) is 5.32 Å². The van der Waals surface area contributed by atoms with Gasteiger partial charge in [0.15, 0.2) is 0 Å². The van der Waals surface area contributed by atoms with Gasteiger partial charge in [0, 0.05) is 16.8 Å². The Balaban J connectivity index is 1.61. The number of aliphatic imine (C=N–C) groups is 2. The summed E-state index contributed by atoms with van der Waals surface area (Å²) in [6.07, 6.45) is 0. The summed E-state index contributed by atoms with van der Waals surface area (Å²) in [4.78, 5) is 21.2. The molecule has 1 aliphatic heterocycles. The van der Waals surface area contributed by atoms with E-state index in [1.807, 2.05) is 67.6 Å². The van der Waals surface area contributed by atoms with E-state index < -0.39 is 0 Å². The lowest BCUT2D eigenvalue weighted by atomic mass is 10.1. The van der Waals surface area contributed by atoms with Gasteiger partial charge >= 0.3 is 0 Å². The highest BCUT2D eigenvalue weighted by atomic mass is 16.3. The lowest BCUT2D eigenvalue weighted by Crippen LogP contribution is -2.13. The Labute approximate surface area is 156 Å². The van der Waals surface area contributed by atoms with Gasteiger partial charge in [-0.05, 0) is 49.4 Å². The van der Waals surface area contributed by atoms with Crippen LogP contribution in [0.5, 0.6) is 5.75 Å². The third-order valence-electron chi connectivity index (χ3n) is 4.33. The zero-order valence-corrected chi connectivity index (χ0v) is 14.7. The van der Waals surface area contributed by atoms with E-state index in [0.717, 1.165) is 22.6 Å². The van der Waals surface area contributed by atoms with Crippen molar-refractivity contribution in [3.63, 3.8) is 0 Å². The van der Waals surface area contributed by atoms with Crippen molar-refractivity contribution in [3.05, 3.63) is 83.9 Å². The molecule has 0 radical (unpaired) electrons. The molecule has 132 valence electrons. The Morgan fingerprint density at radius 2 is 1.56 bits per heavy atom. The van der Waals surface area contributed by atoms with Crippen molar-refractivity contribution in [1.82, 2.24) is 0 Å². The highest BCUT2D eigenvalue weighted by molar-refractivity contribution is 6.54. The summed E-state index contributed by atoms with van der Waals surface area (Å²) in [6, 6.07) is 21.9. The molecule has 3 aromatic rings. The summed E-state index contributed by atoms with van der Waals surface area (Å²) < 4.78 is 0. The minimum absolute atomic E-state index is 0.200. The molecule has 0 fully saturated rings. The molecule has 0 bridgehead atoms. The number of aromatic hydroxyl groups is 1. The van der Waals surface area contributed by atoms with Crippen LogP contribution < -0.4 is 5.32 Å². The number of nitrogens with zero attached hydrogens (tertiary/aromatic N) is 2. The molecule has 1 heterocycles. The molecule has 1 aliphatic rings. The first-order valence-corrected chi connectivity index (χ1v) is 8.55. The van der Waals surface area contributed by atoms with Crippen LogP contribution in [0, 0.1) is 0 Å². The number of carbonyl (C=O) groups excluding carboxylic acids is 1. The number of fused-ring (bicyclic) bond motifs is 1. The van der Waals surface area contributed by atoms with E-state index in [2.05, 4.69) is 15.3 Å². The van der Waals surface area contributed by atoms with Crippen molar-refractivity contribution in [2.45, 2.75) is 6.92 Å². The van der Waals surface area contributed by atoms with Crippen LogP contribution in [-0.4, -0.2) is 22.4 Å². The maximum absolute atomic E-state index is 12.1. The number of hydrogen-bond donors (Lipinski definition) is 2. The van der Waals surface area contributed by atoms with E-state index in [1.165, 1.54) is 0 Å². The Kier molecular flexibility index (Phi) is 4.26. The van der Waals surface area contributed by atoms with Crippen LogP contribution in [0.3, 0.4) is 0 Å². The summed E-state index contributed by atoms with van der Waals surface area (Å²) in [5, 5.41) is 12.7. The molecule has 5 heteroatoms. The van der Waals surface area contributed by atoms with Gasteiger partial charge in [0.25, 0.3) is 5.91 Å². The second-order valence-corrected chi connectivity index (χ2v) is 6.19. The molecule has 0 saturated carbocycles. The standard InChI is InChI=1S/C22H17N3O2/c1-14(17-6-3-5-9-20(17)26)23-15-10-12-16(13-11-15)24-21-18-7-2-4-8-19(18)25-22(21)27/h2-13,26H,1H3,(H,24,25,27). The molecule has 5 nitrogen and oxygen atoms in total. The lowest BCUT2D eigenvalue weighted by Gasteiger charge is -2.04. The Morgan fingerprint density at radius 3 is 2.33 bits per heavy atom. The molecule has 2 N–H and O–H groups in total. The van der Waals surface area contributed by atoms with Gasteiger partial charge in [-0.3, -0.25) is 9.79 Å². The molecule has 0 aromatic heterocycles. The number of hydrogen-bond acceptors (Lipinski definition) is 4. The smallest absolute Gasteiger partial charge is 0.275 e. The minimum Gasteiger partial charge on any atom is -0.507 e. The SMILES string of the molecule is CC(=Nc1ccc(N=C2C(=O)Nc3ccccc32)cc1)c1ccccc1O. The molecular formula is C22H17N3O2. The second-order valence-electron chi connectivity index (χ2n) is 6.19. The molecule has 0 unspecified atom stereocenters. The fourth-order valence-electron chi connectivity index (χ4n) is 2.98. The van der Waals surface area contributed by atoms with Gasteiger partial charge in [0.1, 0.15) is 11.5 Å². The monoisotopic (exact) mass is 355 g/mol. The first kappa shape index (κ1) is 16.7. The molecular weight excluding hydrogens is 338 g/mol. The third kappa shape index (κ3) is 3.35. The van der Waals surface area contributed by atoms with Gasteiger partial charge in [-0.15, -0.1) is 0 Å². The molecule has 0 saturated heterocycles. The van der Waals surface area contributed by atoms with Gasteiger partial charge in [-0.2, -0.15) is 0 Å². The fourth-order valence-corrected chi connectivity index (χ4v) is 2.98. The van der Waals surface area contributed by atoms with Crippen LogP contribution in [-0.2, 0) is 4.79 Å². The van der Waals surface area contributed by atoms with E-state index in [1.54, 1.807) is 12.1 Å². The predicted molar refractivity (Wildman–Crippen MR) is 108 cm³/mol. The van der Waals surface area contributed by atoms with Crippen LogP contribution in [0.2, 0.25) is 0 Å². The summed E-state index contributed by atoms with van der Waals surface area (Å²) in [5.41, 5.74) is 4.83. The molecule has 27 heavy (non-hydrogen) atoms. The van der Waals surface area contributed by atoms with E-state index in [4.69, 9.17) is 0 Å². The topological polar surface area (TPSA) is 74.0 Å². The number of carbonyl (C=O) groups is 1. The summed E-state index contributed by atoms with van der Waals surface area (Å²) in [5.74, 6) is 0.00127. The number of amides is 1. The van der Waals surface area contributed by atoms with Gasteiger partial charge < -0.3 is 10.4 Å². The Bertz CT molecular complexity index is 1080. The average Bonchev–Trinajstić information content (AvgIpc) is 2.99. The molecule has 1 amide bonds. The molecule has 0 atom stereocenters. The van der Waals surface area contributed by atoms with Crippen molar-refractivity contribution >= 4 is 34.4 Å². The van der Waals surface area contributed by atoms with Crippen LogP contribution >= 0.6 is 0 Å². The maximum Gasteiger partial charge on any atom is 0.275 e. The van der Waals surface area contributed by atoms with E-state index >= 15 is 0 Å². The van der Waals surface area contributed by atoms with Gasteiger partial charge in [-0.25, -0.2) is 4.99 Å². The van der Waals surface area contributed by atoms with E-state index in [-0.39, 0.29) is 11.7 Å². The third-order valence-corrected chi connectivity index (χ3v) is 4.33. The fraction of sp³-hybridized carbons (Fsp3) is 0.0455. The van der Waals surface area contributed by atoms with Gasteiger partial charge in [-0.1, -0.05) is 30.3 Å². The summed E-state index contributed by atoms with van der Waals surface area (Å²) in [6.45, 7) is 1.85. The molecule has 4 rings (SSSR count). The minimum atomic E-state index is -0.200. The number of phenols is 1. The number of phenolic OH excluding ortho intramolecular Hbond substituents is 1. The predicted octanol–water partition coefficient (Wildman–Crippen LogP) is 4.61. The van der Waals surface area contributed by atoms with Crippen molar-refractivity contribution in [2.24, 2.45) is 9.98 Å².